The molecule has 1 aliphatic carbocycles. The zero-order valence-corrected chi connectivity index (χ0v) is 12.1. The summed E-state index contributed by atoms with van der Waals surface area (Å²) >= 11 is 0. The van der Waals surface area contributed by atoms with Gasteiger partial charge in [-0.15, -0.1) is 0 Å². The van der Waals surface area contributed by atoms with E-state index < -0.39 is 10.8 Å². The Morgan fingerprint density at radius 1 is 1.35 bits per heavy atom. The number of nitriles is 1. The van der Waals surface area contributed by atoms with Crippen molar-refractivity contribution < 1.29 is 14.5 Å². The second-order valence-electron chi connectivity index (χ2n) is 5.35. The molecule has 2 aliphatic rings. The predicted octanol–water partition coefficient (Wildman–Crippen LogP) is 2.41. The Hall–Kier alpha value is -3.14. The SMILES string of the molecule is N#CC1=C(N)OC2=C(C(=O)CCC2)[C@H]1c1ccccc1[N+](=O)[O-]. The molecule has 2 N–H and O–H groups in total. The number of carbonyl (C=O) groups excluding carboxylic acids is 1. The second kappa shape index (κ2) is 5.57. The van der Waals surface area contributed by atoms with Crippen molar-refractivity contribution >= 4 is 11.5 Å². The highest BCUT2D eigenvalue weighted by Crippen LogP contribution is 2.45. The first-order chi connectivity index (χ1) is 11.0. The number of carbonyl (C=O) groups is 1. The summed E-state index contributed by atoms with van der Waals surface area (Å²) in [6, 6.07) is 8.02. The van der Waals surface area contributed by atoms with Crippen molar-refractivity contribution in [1.29, 1.82) is 5.26 Å². The van der Waals surface area contributed by atoms with E-state index in [0.717, 1.165) is 0 Å². The first kappa shape index (κ1) is 14.8. The van der Waals surface area contributed by atoms with Gasteiger partial charge in [0.1, 0.15) is 17.4 Å². The molecule has 0 aromatic heterocycles. The minimum absolute atomic E-state index is 0.0355. The average molecular weight is 311 g/mol. The number of nitro groups is 1. The van der Waals surface area contributed by atoms with E-state index >= 15 is 0 Å². The molecule has 23 heavy (non-hydrogen) atoms. The van der Waals surface area contributed by atoms with Crippen LogP contribution in [0.1, 0.15) is 30.7 Å². The fourth-order valence-electron chi connectivity index (χ4n) is 3.07. The van der Waals surface area contributed by atoms with Crippen LogP contribution < -0.4 is 5.73 Å². The minimum Gasteiger partial charge on any atom is -0.444 e. The van der Waals surface area contributed by atoms with Gasteiger partial charge in [-0.3, -0.25) is 14.9 Å². The molecule has 1 atom stereocenters. The molecule has 1 aliphatic heterocycles. The number of rotatable bonds is 2. The van der Waals surface area contributed by atoms with Crippen LogP contribution in [0.2, 0.25) is 0 Å². The number of ether oxygens (including phenoxy) is 1. The van der Waals surface area contributed by atoms with Crippen LogP contribution in [-0.2, 0) is 9.53 Å². The molecule has 0 radical (unpaired) electrons. The number of para-hydroxylation sites is 1. The molecular weight excluding hydrogens is 298 g/mol. The highest BCUT2D eigenvalue weighted by molar-refractivity contribution is 5.99. The van der Waals surface area contributed by atoms with Crippen molar-refractivity contribution in [2.75, 3.05) is 0 Å². The molecule has 1 heterocycles. The topological polar surface area (TPSA) is 119 Å². The highest BCUT2D eigenvalue weighted by Gasteiger charge is 2.40. The standard InChI is InChI=1S/C16H13N3O4/c17-8-10-14(9-4-1-2-5-11(9)19(21)22)15-12(20)6-3-7-13(15)23-16(10)18/h1-2,4-5,14H,3,6-7,18H2/t14-/m0/s1. The van der Waals surface area contributed by atoms with E-state index in [1.54, 1.807) is 12.1 Å². The van der Waals surface area contributed by atoms with Crippen LogP contribution in [0.5, 0.6) is 0 Å². The lowest BCUT2D eigenvalue weighted by molar-refractivity contribution is -0.385. The number of nitrogens with zero attached hydrogens (tertiary/aromatic N) is 2. The number of nitrogens with two attached hydrogens (primary N) is 1. The number of nitro benzene ring substituents is 1. The normalized spacial score (nSPS) is 20.7. The van der Waals surface area contributed by atoms with E-state index in [1.807, 2.05) is 6.07 Å². The summed E-state index contributed by atoms with van der Waals surface area (Å²) in [6.07, 6.45) is 1.49. The smallest absolute Gasteiger partial charge is 0.273 e. The lowest BCUT2D eigenvalue weighted by Crippen LogP contribution is -2.27. The van der Waals surface area contributed by atoms with Gasteiger partial charge >= 0.3 is 0 Å². The van der Waals surface area contributed by atoms with E-state index in [-0.39, 0.29) is 28.5 Å². The Kier molecular flexibility index (Phi) is 3.58. The number of hydrogen-bond donors (Lipinski definition) is 1. The van der Waals surface area contributed by atoms with Gasteiger partial charge in [0.2, 0.25) is 5.88 Å². The van der Waals surface area contributed by atoms with Crippen LogP contribution in [0, 0.1) is 21.4 Å². The van der Waals surface area contributed by atoms with Gasteiger partial charge in [0.05, 0.1) is 10.8 Å². The molecule has 1 aromatic rings. The number of benzene rings is 1. The largest absolute Gasteiger partial charge is 0.444 e. The van der Waals surface area contributed by atoms with Gasteiger partial charge in [-0.05, 0) is 6.42 Å². The molecule has 7 heteroatoms. The summed E-state index contributed by atoms with van der Waals surface area (Å²) in [4.78, 5) is 23.2. The zero-order chi connectivity index (χ0) is 16.6. The molecule has 0 bridgehead atoms. The maximum Gasteiger partial charge on any atom is 0.273 e. The molecule has 0 saturated heterocycles. The Bertz CT molecular complexity index is 817. The number of allylic oxidation sites excluding steroid dienone is 3. The summed E-state index contributed by atoms with van der Waals surface area (Å²) in [5.41, 5.74) is 6.30. The van der Waals surface area contributed by atoms with Crippen LogP contribution in [0.15, 0.2) is 47.1 Å². The third-order valence-electron chi connectivity index (χ3n) is 4.05. The van der Waals surface area contributed by atoms with Crippen LogP contribution in [0.3, 0.4) is 0 Å². The summed E-state index contributed by atoms with van der Waals surface area (Å²) in [6.45, 7) is 0. The van der Waals surface area contributed by atoms with E-state index in [9.17, 15) is 20.2 Å². The number of Topliss-reactive ketones (excluding diaryl/α,β-unsaturated/α-hetero) is 1. The van der Waals surface area contributed by atoms with Crippen molar-refractivity contribution in [2.24, 2.45) is 5.73 Å². The van der Waals surface area contributed by atoms with Crippen LogP contribution in [-0.4, -0.2) is 10.7 Å². The van der Waals surface area contributed by atoms with Crippen molar-refractivity contribution in [3.8, 4) is 6.07 Å². The molecule has 0 spiro atoms. The van der Waals surface area contributed by atoms with Crippen molar-refractivity contribution in [2.45, 2.75) is 25.2 Å². The molecule has 0 amide bonds. The van der Waals surface area contributed by atoms with Crippen LogP contribution in [0.4, 0.5) is 5.69 Å². The van der Waals surface area contributed by atoms with Gasteiger partial charge in [0.15, 0.2) is 5.78 Å². The average Bonchev–Trinajstić information content (AvgIpc) is 2.53. The Labute approximate surface area is 131 Å². The van der Waals surface area contributed by atoms with Gasteiger partial charge in [-0.1, -0.05) is 18.2 Å². The first-order valence-electron chi connectivity index (χ1n) is 7.11. The van der Waals surface area contributed by atoms with E-state index in [4.69, 9.17) is 10.5 Å². The van der Waals surface area contributed by atoms with E-state index in [0.29, 0.717) is 30.6 Å². The van der Waals surface area contributed by atoms with E-state index in [2.05, 4.69) is 0 Å². The maximum atomic E-state index is 12.4. The van der Waals surface area contributed by atoms with Gasteiger partial charge in [-0.25, -0.2) is 0 Å². The van der Waals surface area contributed by atoms with Crippen molar-refractivity contribution in [3.63, 3.8) is 0 Å². The summed E-state index contributed by atoms with van der Waals surface area (Å²) < 4.78 is 5.44. The molecule has 7 nitrogen and oxygen atoms in total. The first-order valence-corrected chi connectivity index (χ1v) is 7.11. The molecule has 3 rings (SSSR count). The third kappa shape index (κ3) is 2.34. The molecule has 0 fully saturated rings. The maximum absolute atomic E-state index is 12.4. The van der Waals surface area contributed by atoms with Crippen LogP contribution >= 0.6 is 0 Å². The highest BCUT2D eigenvalue weighted by atomic mass is 16.6. The fourth-order valence-corrected chi connectivity index (χ4v) is 3.07. The fraction of sp³-hybridized carbons (Fsp3) is 0.250. The zero-order valence-electron chi connectivity index (χ0n) is 12.1. The quantitative estimate of drug-likeness (QED) is 0.661. The van der Waals surface area contributed by atoms with E-state index in [1.165, 1.54) is 12.1 Å². The predicted molar refractivity (Wildman–Crippen MR) is 79.6 cm³/mol. The summed E-state index contributed by atoms with van der Waals surface area (Å²) in [5, 5.41) is 20.8. The molecular formula is C16H13N3O4. The second-order valence-corrected chi connectivity index (χ2v) is 5.35. The Morgan fingerprint density at radius 2 is 2.09 bits per heavy atom. The van der Waals surface area contributed by atoms with Crippen molar-refractivity contribution in [3.05, 3.63) is 62.7 Å². The number of ketones is 1. The van der Waals surface area contributed by atoms with Gasteiger partial charge in [0, 0.05) is 30.0 Å². The van der Waals surface area contributed by atoms with Gasteiger partial charge in [-0.2, -0.15) is 5.26 Å². The lowest BCUT2D eigenvalue weighted by Gasteiger charge is -2.30. The van der Waals surface area contributed by atoms with Gasteiger partial charge < -0.3 is 10.5 Å². The minimum atomic E-state index is -0.849. The van der Waals surface area contributed by atoms with Crippen molar-refractivity contribution in [1.82, 2.24) is 0 Å². The summed E-state index contributed by atoms with van der Waals surface area (Å²) in [5.74, 6) is -0.683. The third-order valence-corrected chi connectivity index (χ3v) is 4.05. The van der Waals surface area contributed by atoms with Gasteiger partial charge in [0.25, 0.3) is 5.69 Å². The monoisotopic (exact) mass is 311 g/mol. The van der Waals surface area contributed by atoms with Crippen LogP contribution in [0.25, 0.3) is 0 Å². The molecule has 0 saturated carbocycles. The lowest BCUT2D eigenvalue weighted by atomic mass is 9.77. The number of hydrogen-bond acceptors (Lipinski definition) is 6. The molecule has 0 unspecified atom stereocenters. The Balaban J connectivity index is 2.26. The Morgan fingerprint density at radius 3 is 2.78 bits per heavy atom. The molecule has 116 valence electrons. The summed E-state index contributed by atoms with van der Waals surface area (Å²) in [7, 11) is 0. The molecule has 1 aromatic carbocycles.